The number of nitrogens with one attached hydrogen (secondary N) is 3. The first-order valence-electron chi connectivity index (χ1n) is 16.5. The second-order valence-electron chi connectivity index (χ2n) is 13.2. The molecule has 0 aromatic heterocycles. The molecule has 1 aliphatic heterocycles. The molecule has 0 bridgehead atoms. The van der Waals surface area contributed by atoms with Gasteiger partial charge in [-0.3, -0.25) is 14.5 Å². The highest BCUT2D eigenvalue weighted by molar-refractivity contribution is 15.0. The number of rotatable bonds is 12. The van der Waals surface area contributed by atoms with Crippen LogP contribution in [-0.4, -0.2) is 78.2 Å². The highest BCUT2D eigenvalue weighted by Crippen LogP contribution is 2.19. The zero-order valence-electron chi connectivity index (χ0n) is 30.8. The smallest absolute Gasteiger partial charge is 0.415 e. The van der Waals surface area contributed by atoms with Gasteiger partial charge in [-0.1, -0.05) is 54.9 Å². The van der Waals surface area contributed by atoms with Gasteiger partial charge in [-0.2, -0.15) is 0 Å². The highest BCUT2D eigenvalue weighted by atomic mass is 128. The zero-order chi connectivity index (χ0) is 39.5. The first-order chi connectivity index (χ1) is 24.4. The van der Waals surface area contributed by atoms with E-state index in [4.69, 9.17) is 42.1 Å². The van der Waals surface area contributed by atoms with E-state index in [2.05, 4.69) is 53.2 Å². The van der Waals surface area contributed by atoms with Crippen molar-refractivity contribution in [2.45, 2.75) is 105 Å². The number of hydrogen-bond donors (Lipinski definition) is 3. The van der Waals surface area contributed by atoms with E-state index >= 15 is 0 Å². The van der Waals surface area contributed by atoms with Crippen LogP contribution in [0.25, 0.3) is 0 Å². The van der Waals surface area contributed by atoms with Crippen LogP contribution in [0.2, 0.25) is 10.0 Å². The molecule has 3 N–H and O–H groups in total. The van der Waals surface area contributed by atoms with Gasteiger partial charge < -0.3 is 34.9 Å². The van der Waals surface area contributed by atoms with Crippen LogP contribution in [0.5, 0.6) is 0 Å². The molecule has 4 amide bonds. The maximum Gasteiger partial charge on any atom is 0.415 e. The van der Waals surface area contributed by atoms with Crippen LogP contribution in [0.3, 0.4) is 0 Å². The van der Waals surface area contributed by atoms with Crippen LogP contribution in [0.4, 0.5) is 9.59 Å². The minimum atomic E-state index is -0.820. The Hall–Kier alpha value is -2.38. The zero-order valence-corrected chi connectivity index (χ0v) is 36.6. The maximum atomic E-state index is 12.7. The quantitative estimate of drug-likeness (QED) is 0.142. The number of ether oxygens (including phenoxy) is 4. The molecule has 298 valence electrons. The fourth-order valence-electron chi connectivity index (χ4n) is 4.42. The summed E-state index contributed by atoms with van der Waals surface area (Å²) in [7, 11) is 0. The topological polar surface area (TPSA) is 145 Å². The maximum absolute atomic E-state index is 12.7. The lowest BCUT2D eigenvalue weighted by molar-refractivity contribution is -0.141. The van der Waals surface area contributed by atoms with E-state index in [9.17, 15) is 19.2 Å². The number of nitrogens with zero attached hydrogens (tertiary/aromatic N) is 1. The van der Waals surface area contributed by atoms with E-state index in [1.807, 2.05) is 38.1 Å². The van der Waals surface area contributed by atoms with E-state index in [1.165, 1.54) is 17.3 Å². The summed E-state index contributed by atoms with van der Waals surface area (Å²) in [6.07, 6.45) is 1.88. The molecule has 3 rings (SSSR count). The molecule has 0 fully saturated rings. The Bertz CT molecular complexity index is 1430. The first-order valence-corrected chi connectivity index (χ1v) is 23.6. The van der Waals surface area contributed by atoms with Crippen LogP contribution in [0, 0.1) is 0 Å². The molecule has 2 unspecified atom stereocenters. The number of carbonyl (C=O) groups is 4. The van der Waals surface area contributed by atoms with Crippen LogP contribution in [0.15, 0.2) is 60.9 Å². The second kappa shape index (κ2) is 25.7. The summed E-state index contributed by atoms with van der Waals surface area (Å²) in [5.74, 6) is -0.603. The summed E-state index contributed by atoms with van der Waals surface area (Å²) in [4.78, 5) is 50.6. The number of amides is 4. The fourth-order valence-corrected chi connectivity index (χ4v) is 4.68. The highest BCUT2D eigenvalue weighted by Gasteiger charge is 2.33. The van der Waals surface area contributed by atoms with Gasteiger partial charge in [0.25, 0.3) is 0 Å². The molecule has 1 heterocycles. The molecule has 0 spiro atoms. The predicted octanol–water partition coefficient (Wildman–Crippen LogP) is 8.79. The third-order valence-electron chi connectivity index (χ3n) is 6.55. The molecule has 0 saturated carbocycles. The number of alkyl carbamates (subject to hydrolysis) is 1. The van der Waals surface area contributed by atoms with E-state index in [0.717, 1.165) is 11.1 Å². The summed E-state index contributed by atoms with van der Waals surface area (Å²) in [5.41, 5.74) is 0.476. The molecule has 2 aromatic rings. The molecule has 12 nitrogen and oxygen atoms in total. The van der Waals surface area contributed by atoms with Crippen molar-refractivity contribution in [3.8, 4) is 0 Å². The lowest BCUT2D eigenvalue weighted by Gasteiger charge is -2.32. The lowest BCUT2D eigenvalue weighted by Crippen LogP contribution is -2.51. The van der Waals surface area contributed by atoms with Crippen molar-refractivity contribution in [2.75, 3.05) is 19.8 Å². The number of halogens is 4. The minimum absolute atomic E-state index is 0. The monoisotopic (exact) mass is 1010 g/mol. The molecular weight excluding hydrogens is 953 g/mol. The Morgan fingerprint density at radius 1 is 0.849 bits per heavy atom. The Morgan fingerprint density at radius 2 is 1.34 bits per heavy atom. The summed E-state index contributed by atoms with van der Waals surface area (Å²) in [5, 5.41) is 9.24. The van der Waals surface area contributed by atoms with Crippen LogP contribution >= 0.6 is 60.4 Å². The largest absolute Gasteiger partial charge is 0.444 e. The van der Waals surface area contributed by atoms with Crippen LogP contribution in [-0.2, 0) is 41.4 Å². The van der Waals surface area contributed by atoms with Gasteiger partial charge in [-0.05, 0) is 90.8 Å². The number of benzene rings is 2. The minimum Gasteiger partial charge on any atom is -0.444 e. The third kappa shape index (κ3) is 21.3. The molecule has 0 radical (unpaired) electrons. The molecule has 0 saturated heterocycles. The van der Waals surface area contributed by atoms with Crippen molar-refractivity contribution in [3.05, 3.63) is 82.1 Å². The molecule has 2 atom stereocenters. The Morgan fingerprint density at radius 3 is 1.81 bits per heavy atom. The standard InChI is InChI=1S/C20H31ClN2O5.C16H19ClN2O3.CH4.I2/c1-6-26-17(27-7-2)13-22-18(24)16(23-19(25)28-20(3,4)5)12-14-8-10-15(21)11-9-14;1-16(2,3)22-15(21)19-9-8-18-14(20)13(19)10-11-4-6-12(17)7-5-11;;1-2/h8-11,16-17H,6-7,12-13H2,1-5H3,(H,22,24)(H,23,25);4-9,13H,10H2,1-3H3,(H,18,20);1H4;. The molecule has 0 aliphatic carbocycles. The number of carbonyl (C=O) groups excluding carboxylic acids is 4. The average Bonchev–Trinajstić information content (AvgIpc) is 3.06. The van der Waals surface area contributed by atoms with Gasteiger partial charge in [0.1, 0.15) is 23.3 Å². The fraction of sp³-hybridized carbons (Fsp3) is 0.514. The van der Waals surface area contributed by atoms with Gasteiger partial charge in [0, 0.05) is 85.7 Å². The summed E-state index contributed by atoms with van der Waals surface area (Å²) >= 11 is 16.0. The van der Waals surface area contributed by atoms with Crippen molar-refractivity contribution in [3.63, 3.8) is 0 Å². The summed E-state index contributed by atoms with van der Waals surface area (Å²) in [6.45, 7) is 15.4. The Balaban J connectivity index is 0.000000978. The van der Waals surface area contributed by atoms with E-state index in [-0.39, 0.29) is 32.2 Å². The van der Waals surface area contributed by atoms with Crippen molar-refractivity contribution >= 4 is 84.4 Å². The van der Waals surface area contributed by atoms with Gasteiger partial charge in [0.2, 0.25) is 11.8 Å². The van der Waals surface area contributed by atoms with Crippen LogP contribution in [0.1, 0.15) is 73.9 Å². The molecule has 1 aliphatic rings. The van der Waals surface area contributed by atoms with Crippen molar-refractivity contribution < 1.29 is 38.1 Å². The van der Waals surface area contributed by atoms with Crippen LogP contribution < -0.4 is 16.0 Å². The first kappa shape index (κ1) is 50.6. The van der Waals surface area contributed by atoms with E-state index in [0.29, 0.717) is 29.7 Å². The van der Waals surface area contributed by atoms with E-state index in [1.54, 1.807) is 65.8 Å². The lowest BCUT2D eigenvalue weighted by atomic mass is 10.0. The summed E-state index contributed by atoms with van der Waals surface area (Å²) in [6, 6.07) is 12.8. The Kier molecular flexibility index (Phi) is 24.5. The van der Waals surface area contributed by atoms with Gasteiger partial charge in [0.05, 0.1) is 6.54 Å². The predicted molar refractivity (Wildman–Crippen MR) is 227 cm³/mol. The molecule has 2 aromatic carbocycles. The van der Waals surface area contributed by atoms with E-state index < -0.39 is 41.8 Å². The molecule has 16 heteroatoms. The van der Waals surface area contributed by atoms with Gasteiger partial charge in [0.15, 0.2) is 6.29 Å². The molecule has 53 heavy (non-hydrogen) atoms. The van der Waals surface area contributed by atoms with Crippen molar-refractivity contribution in [1.29, 1.82) is 0 Å². The normalized spacial score (nSPS) is 14.2. The average molecular weight is 1010 g/mol. The number of hydrogen-bond acceptors (Lipinski definition) is 8. The SMILES string of the molecule is C.CC(C)(C)OC(=O)N1C=CNC(=O)C1Cc1ccc(Cl)cc1.CCOC(CNC(=O)C(Cc1ccc(Cl)cc1)NC(=O)OC(C)(C)C)OCC.II. The Labute approximate surface area is 348 Å². The van der Waals surface area contributed by atoms with Gasteiger partial charge in [-0.25, -0.2) is 9.59 Å². The second-order valence-corrected chi connectivity index (χ2v) is 14.0. The summed E-state index contributed by atoms with van der Waals surface area (Å²) < 4.78 is 21.5. The van der Waals surface area contributed by atoms with Crippen molar-refractivity contribution in [1.82, 2.24) is 20.9 Å². The third-order valence-corrected chi connectivity index (χ3v) is 7.06. The van der Waals surface area contributed by atoms with Crippen molar-refractivity contribution in [2.24, 2.45) is 0 Å². The van der Waals surface area contributed by atoms with Gasteiger partial charge >= 0.3 is 12.2 Å². The molecular formula is C37H54Cl2I2N4O8. The van der Waals surface area contributed by atoms with Gasteiger partial charge in [-0.15, -0.1) is 0 Å².